The van der Waals surface area contributed by atoms with Crippen molar-refractivity contribution < 1.29 is 9.52 Å². The Morgan fingerprint density at radius 1 is 1.00 bits per heavy atom. The molecule has 3 nitrogen and oxygen atoms in total. The third-order valence-electron chi connectivity index (χ3n) is 3.38. The van der Waals surface area contributed by atoms with Crippen molar-refractivity contribution in [2.45, 2.75) is 71.6 Å². The van der Waals surface area contributed by atoms with E-state index in [9.17, 15) is 9.90 Å². The zero-order valence-electron chi connectivity index (χ0n) is 12.2. The van der Waals surface area contributed by atoms with Crippen molar-refractivity contribution >= 4 is 0 Å². The average molecular weight is 266 g/mol. The fourth-order valence-corrected chi connectivity index (χ4v) is 2.19. The molecule has 1 aromatic rings. The maximum absolute atomic E-state index is 11.8. The van der Waals surface area contributed by atoms with Crippen molar-refractivity contribution in [3.8, 4) is 5.75 Å². The van der Waals surface area contributed by atoms with Gasteiger partial charge in [-0.3, -0.25) is 0 Å². The van der Waals surface area contributed by atoms with Crippen LogP contribution in [0.5, 0.6) is 5.75 Å². The molecule has 0 aliphatic carbocycles. The lowest BCUT2D eigenvalue weighted by molar-refractivity contribution is 0.406. The molecule has 0 radical (unpaired) electrons. The smallest absolute Gasteiger partial charge is 0.342 e. The molecule has 0 spiro atoms. The molecule has 0 fully saturated rings. The highest BCUT2D eigenvalue weighted by atomic mass is 16.4. The van der Waals surface area contributed by atoms with Crippen LogP contribution in [0.3, 0.4) is 0 Å². The SMILES string of the molecule is CCCCCCc1c(O)cc(CCCCC)oc1=O. The largest absolute Gasteiger partial charge is 0.507 e. The molecule has 3 heteroatoms. The van der Waals surface area contributed by atoms with Gasteiger partial charge in [-0.05, 0) is 19.3 Å². The van der Waals surface area contributed by atoms with E-state index < -0.39 is 0 Å². The molecular formula is C16H26O3. The molecule has 1 heterocycles. The first-order chi connectivity index (χ1) is 9.19. The van der Waals surface area contributed by atoms with Gasteiger partial charge in [-0.25, -0.2) is 4.79 Å². The molecule has 0 saturated heterocycles. The number of aromatic hydroxyl groups is 1. The van der Waals surface area contributed by atoms with Crippen LogP contribution in [-0.4, -0.2) is 5.11 Å². The predicted octanol–water partition coefficient (Wildman–Crippen LogP) is 4.20. The Hall–Kier alpha value is -1.25. The van der Waals surface area contributed by atoms with Gasteiger partial charge in [0.25, 0.3) is 0 Å². The van der Waals surface area contributed by atoms with E-state index in [0.29, 0.717) is 17.7 Å². The third kappa shape index (κ3) is 5.50. The summed E-state index contributed by atoms with van der Waals surface area (Å²) in [4.78, 5) is 11.8. The summed E-state index contributed by atoms with van der Waals surface area (Å²) >= 11 is 0. The highest BCUT2D eigenvalue weighted by Gasteiger charge is 2.10. The average Bonchev–Trinajstić information content (AvgIpc) is 2.37. The first-order valence-electron chi connectivity index (χ1n) is 7.53. The van der Waals surface area contributed by atoms with E-state index in [4.69, 9.17) is 4.42 Å². The third-order valence-corrected chi connectivity index (χ3v) is 3.38. The molecule has 19 heavy (non-hydrogen) atoms. The molecular weight excluding hydrogens is 240 g/mol. The van der Waals surface area contributed by atoms with Crippen molar-refractivity contribution in [2.75, 3.05) is 0 Å². The number of hydrogen-bond donors (Lipinski definition) is 1. The van der Waals surface area contributed by atoms with Gasteiger partial charge in [0.2, 0.25) is 0 Å². The molecule has 0 bridgehead atoms. The van der Waals surface area contributed by atoms with Gasteiger partial charge in [0.15, 0.2) is 0 Å². The molecule has 1 rings (SSSR count). The zero-order valence-corrected chi connectivity index (χ0v) is 12.2. The van der Waals surface area contributed by atoms with Crippen LogP contribution in [0.15, 0.2) is 15.3 Å². The molecule has 0 atom stereocenters. The number of unbranched alkanes of at least 4 members (excludes halogenated alkanes) is 5. The minimum atomic E-state index is -0.358. The Labute approximate surface area is 115 Å². The summed E-state index contributed by atoms with van der Waals surface area (Å²) in [6.07, 6.45) is 8.94. The molecule has 0 saturated carbocycles. The zero-order chi connectivity index (χ0) is 14.1. The van der Waals surface area contributed by atoms with Gasteiger partial charge in [0, 0.05) is 12.5 Å². The molecule has 0 unspecified atom stereocenters. The summed E-state index contributed by atoms with van der Waals surface area (Å²) in [7, 11) is 0. The Morgan fingerprint density at radius 2 is 1.63 bits per heavy atom. The highest BCUT2D eigenvalue weighted by molar-refractivity contribution is 5.30. The van der Waals surface area contributed by atoms with E-state index in [-0.39, 0.29) is 11.4 Å². The Morgan fingerprint density at radius 3 is 2.26 bits per heavy atom. The van der Waals surface area contributed by atoms with E-state index in [1.807, 2.05) is 0 Å². The van der Waals surface area contributed by atoms with Gasteiger partial charge in [0.05, 0.1) is 5.56 Å². The van der Waals surface area contributed by atoms with E-state index >= 15 is 0 Å². The van der Waals surface area contributed by atoms with Crippen molar-refractivity contribution in [2.24, 2.45) is 0 Å². The van der Waals surface area contributed by atoms with Crippen LogP contribution in [0, 0.1) is 0 Å². The standard InChI is InChI=1S/C16H26O3/c1-3-5-7-9-11-14-15(17)12-13(19-16(14)18)10-8-6-4-2/h12,17H,3-11H2,1-2H3. The minimum absolute atomic E-state index is 0.110. The second kappa shape index (κ2) is 8.78. The van der Waals surface area contributed by atoms with Crippen LogP contribution >= 0.6 is 0 Å². The summed E-state index contributed by atoms with van der Waals surface area (Å²) in [5.41, 5.74) is 0.0818. The van der Waals surface area contributed by atoms with E-state index in [2.05, 4.69) is 13.8 Å². The summed E-state index contributed by atoms with van der Waals surface area (Å²) in [6, 6.07) is 1.62. The molecule has 0 aliphatic heterocycles. The van der Waals surface area contributed by atoms with E-state index in [1.54, 1.807) is 6.07 Å². The van der Waals surface area contributed by atoms with Gasteiger partial charge in [-0.2, -0.15) is 0 Å². The fraction of sp³-hybridized carbons (Fsp3) is 0.688. The lowest BCUT2D eigenvalue weighted by atomic mass is 10.1. The number of hydrogen-bond acceptors (Lipinski definition) is 3. The van der Waals surface area contributed by atoms with Crippen molar-refractivity contribution in [3.05, 3.63) is 27.8 Å². The topological polar surface area (TPSA) is 50.4 Å². The first-order valence-corrected chi connectivity index (χ1v) is 7.53. The van der Waals surface area contributed by atoms with Gasteiger partial charge in [-0.15, -0.1) is 0 Å². The second-order valence-electron chi connectivity index (χ2n) is 5.13. The summed E-state index contributed by atoms with van der Waals surface area (Å²) in [6.45, 7) is 4.28. The summed E-state index contributed by atoms with van der Waals surface area (Å²) in [5, 5.41) is 9.93. The van der Waals surface area contributed by atoms with Gasteiger partial charge in [0.1, 0.15) is 11.5 Å². The second-order valence-corrected chi connectivity index (χ2v) is 5.13. The predicted molar refractivity (Wildman–Crippen MR) is 77.7 cm³/mol. The number of aryl methyl sites for hydroxylation is 1. The Balaban J connectivity index is 2.61. The van der Waals surface area contributed by atoms with Crippen molar-refractivity contribution in [3.63, 3.8) is 0 Å². The quantitative estimate of drug-likeness (QED) is 0.681. The van der Waals surface area contributed by atoms with Crippen molar-refractivity contribution in [1.29, 1.82) is 0 Å². The highest BCUT2D eigenvalue weighted by Crippen LogP contribution is 2.19. The molecule has 0 aliphatic rings. The van der Waals surface area contributed by atoms with Crippen LogP contribution < -0.4 is 5.63 Å². The van der Waals surface area contributed by atoms with Gasteiger partial charge in [-0.1, -0.05) is 46.0 Å². The van der Waals surface area contributed by atoms with Crippen molar-refractivity contribution in [1.82, 2.24) is 0 Å². The van der Waals surface area contributed by atoms with Crippen LogP contribution in [0.1, 0.15) is 70.1 Å². The Bertz CT molecular complexity index is 420. The lowest BCUT2D eigenvalue weighted by Gasteiger charge is -2.05. The molecule has 0 amide bonds. The number of rotatable bonds is 9. The Kier molecular flexibility index (Phi) is 7.31. The summed E-state index contributed by atoms with van der Waals surface area (Å²) in [5.74, 6) is 0.715. The monoisotopic (exact) mass is 266 g/mol. The van der Waals surface area contributed by atoms with Gasteiger partial charge >= 0.3 is 5.63 Å². The van der Waals surface area contributed by atoms with Crippen LogP contribution in [-0.2, 0) is 12.8 Å². The van der Waals surface area contributed by atoms with Crippen LogP contribution in [0.2, 0.25) is 0 Å². The van der Waals surface area contributed by atoms with Gasteiger partial charge < -0.3 is 9.52 Å². The molecule has 1 aromatic heterocycles. The first kappa shape index (κ1) is 15.8. The lowest BCUT2D eigenvalue weighted by Crippen LogP contribution is -2.09. The van der Waals surface area contributed by atoms with E-state index in [1.165, 1.54) is 6.42 Å². The minimum Gasteiger partial charge on any atom is -0.507 e. The molecule has 108 valence electrons. The normalized spacial score (nSPS) is 10.8. The van der Waals surface area contributed by atoms with Crippen LogP contribution in [0.4, 0.5) is 0 Å². The molecule has 0 aromatic carbocycles. The van der Waals surface area contributed by atoms with Crippen LogP contribution in [0.25, 0.3) is 0 Å². The maximum atomic E-state index is 11.8. The fourth-order valence-electron chi connectivity index (χ4n) is 2.19. The summed E-state index contributed by atoms with van der Waals surface area (Å²) < 4.78 is 5.28. The molecule has 1 N–H and O–H groups in total. The van der Waals surface area contributed by atoms with E-state index in [0.717, 1.165) is 44.9 Å². The maximum Gasteiger partial charge on any atom is 0.342 e.